The van der Waals surface area contributed by atoms with E-state index in [1.165, 1.54) is 6.07 Å². The Hall–Kier alpha value is -1.10. The highest BCUT2D eigenvalue weighted by atomic mass is 79.9. The normalized spacial score (nSPS) is 12.8. The Kier molecular flexibility index (Phi) is 3.95. The number of halogens is 4. The minimum atomic E-state index is -0.416. The topological polar surface area (TPSA) is 17.8 Å². The Balaban J connectivity index is 2.38. The number of hydrogen-bond donors (Lipinski definition) is 0. The van der Waals surface area contributed by atoms with Crippen LogP contribution in [-0.4, -0.2) is 9.55 Å². The molecule has 0 amide bonds. The van der Waals surface area contributed by atoms with Crippen LogP contribution in [0.15, 0.2) is 40.9 Å². The lowest BCUT2D eigenvalue weighted by Gasteiger charge is -2.12. The van der Waals surface area contributed by atoms with Crippen LogP contribution in [0.25, 0.3) is 16.7 Å². The third-order valence-electron chi connectivity index (χ3n) is 3.15. The molecule has 1 aromatic heterocycles. The molecule has 2 nitrogen and oxygen atoms in total. The molecule has 1 heterocycles. The lowest BCUT2D eigenvalue weighted by atomic mass is 10.2. The largest absolute Gasteiger partial charge is 0.292 e. The molecule has 0 saturated carbocycles. The quantitative estimate of drug-likeness (QED) is 0.502. The van der Waals surface area contributed by atoms with Crippen molar-refractivity contribution in [3.05, 3.63) is 57.5 Å². The van der Waals surface area contributed by atoms with E-state index in [-0.39, 0.29) is 5.38 Å². The highest BCUT2D eigenvalue weighted by molar-refractivity contribution is 9.10. The van der Waals surface area contributed by atoms with Gasteiger partial charge in [-0.05, 0) is 43.3 Å². The van der Waals surface area contributed by atoms with E-state index in [9.17, 15) is 4.39 Å². The van der Waals surface area contributed by atoms with Crippen LogP contribution in [-0.2, 0) is 0 Å². The van der Waals surface area contributed by atoms with Gasteiger partial charge in [0.2, 0.25) is 0 Å². The predicted molar refractivity (Wildman–Crippen MR) is 88.0 cm³/mol. The summed E-state index contributed by atoms with van der Waals surface area (Å²) in [5, 5.41) is -0.00595. The zero-order chi connectivity index (χ0) is 15.1. The molecule has 108 valence electrons. The van der Waals surface area contributed by atoms with Crippen molar-refractivity contribution in [3.63, 3.8) is 0 Å². The summed E-state index contributed by atoms with van der Waals surface area (Å²) >= 11 is 15.5. The van der Waals surface area contributed by atoms with Gasteiger partial charge in [-0.3, -0.25) is 4.57 Å². The SMILES string of the molecule is CC(Cl)c1nc2ccc(Br)cc2n1-c1ccc(Cl)cc1F. The predicted octanol–water partition coefficient (Wildman–Crippen LogP) is 5.88. The summed E-state index contributed by atoms with van der Waals surface area (Å²) in [6, 6.07) is 10.2. The molecular formula is C15H10BrCl2FN2. The summed E-state index contributed by atoms with van der Waals surface area (Å²) in [5.41, 5.74) is 1.92. The molecule has 0 bridgehead atoms. The Labute approximate surface area is 139 Å². The minimum Gasteiger partial charge on any atom is -0.292 e. The summed E-state index contributed by atoms with van der Waals surface area (Å²) in [7, 11) is 0. The molecule has 21 heavy (non-hydrogen) atoms. The van der Waals surface area contributed by atoms with Gasteiger partial charge in [0.1, 0.15) is 11.6 Å². The molecule has 3 rings (SSSR count). The van der Waals surface area contributed by atoms with Crippen LogP contribution in [0.5, 0.6) is 0 Å². The Morgan fingerprint density at radius 1 is 1.24 bits per heavy atom. The number of fused-ring (bicyclic) bond motifs is 1. The summed E-state index contributed by atoms with van der Waals surface area (Å²) in [4.78, 5) is 4.50. The maximum Gasteiger partial charge on any atom is 0.148 e. The van der Waals surface area contributed by atoms with Crippen molar-refractivity contribution in [1.82, 2.24) is 9.55 Å². The zero-order valence-corrected chi connectivity index (χ0v) is 14.0. The van der Waals surface area contributed by atoms with Crippen LogP contribution in [0.2, 0.25) is 5.02 Å². The molecule has 0 saturated heterocycles. The van der Waals surface area contributed by atoms with Crippen molar-refractivity contribution in [2.45, 2.75) is 12.3 Å². The van der Waals surface area contributed by atoms with E-state index < -0.39 is 5.82 Å². The number of hydrogen-bond acceptors (Lipinski definition) is 1. The first-order valence-corrected chi connectivity index (χ1v) is 7.85. The second-order valence-corrected chi connectivity index (χ2v) is 6.66. The van der Waals surface area contributed by atoms with Crippen LogP contribution >= 0.6 is 39.1 Å². The van der Waals surface area contributed by atoms with Gasteiger partial charge in [0.05, 0.1) is 22.1 Å². The Morgan fingerprint density at radius 3 is 2.67 bits per heavy atom. The van der Waals surface area contributed by atoms with Gasteiger partial charge in [-0.15, -0.1) is 11.6 Å². The van der Waals surface area contributed by atoms with Gasteiger partial charge >= 0.3 is 0 Å². The van der Waals surface area contributed by atoms with Gasteiger partial charge in [0.15, 0.2) is 0 Å². The first-order valence-electron chi connectivity index (χ1n) is 6.25. The second kappa shape index (κ2) is 5.59. The highest BCUT2D eigenvalue weighted by Crippen LogP contribution is 2.31. The fourth-order valence-electron chi connectivity index (χ4n) is 2.25. The maximum absolute atomic E-state index is 14.3. The molecule has 0 aliphatic heterocycles. The Bertz CT molecular complexity index is 830. The van der Waals surface area contributed by atoms with Crippen molar-refractivity contribution in [2.75, 3.05) is 0 Å². The molecule has 0 aliphatic rings. The average molecular weight is 388 g/mol. The van der Waals surface area contributed by atoms with E-state index in [1.54, 1.807) is 16.7 Å². The molecule has 0 aliphatic carbocycles. The average Bonchev–Trinajstić information content (AvgIpc) is 2.77. The summed E-state index contributed by atoms with van der Waals surface area (Å²) < 4.78 is 16.9. The fraction of sp³-hybridized carbons (Fsp3) is 0.133. The van der Waals surface area contributed by atoms with E-state index in [2.05, 4.69) is 20.9 Å². The van der Waals surface area contributed by atoms with E-state index in [0.717, 1.165) is 15.5 Å². The van der Waals surface area contributed by atoms with Crippen molar-refractivity contribution in [1.29, 1.82) is 0 Å². The Morgan fingerprint density at radius 2 is 2.00 bits per heavy atom. The summed E-state index contributed by atoms with van der Waals surface area (Å²) in [6.07, 6.45) is 0. The van der Waals surface area contributed by atoms with Crippen LogP contribution in [0.4, 0.5) is 4.39 Å². The van der Waals surface area contributed by atoms with Gasteiger partial charge < -0.3 is 0 Å². The molecule has 0 spiro atoms. The van der Waals surface area contributed by atoms with E-state index >= 15 is 0 Å². The standard InChI is InChI=1S/C15H10BrCl2FN2/c1-8(17)15-20-12-4-2-9(16)6-14(12)21(15)13-5-3-10(18)7-11(13)19/h2-8H,1H3. The van der Waals surface area contributed by atoms with E-state index in [1.807, 2.05) is 25.1 Å². The number of alkyl halides is 1. The van der Waals surface area contributed by atoms with E-state index in [0.29, 0.717) is 16.5 Å². The maximum atomic E-state index is 14.3. The molecule has 0 radical (unpaired) electrons. The van der Waals surface area contributed by atoms with Crippen LogP contribution in [0, 0.1) is 5.82 Å². The van der Waals surface area contributed by atoms with Crippen molar-refractivity contribution >= 4 is 50.2 Å². The van der Waals surface area contributed by atoms with Gasteiger partial charge in [0.25, 0.3) is 0 Å². The molecule has 1 unspecified atom stereocenters. The summed E-state index contributed by atoms with van der Waals surface area (Å²) in [6.45, 7) is 1.81. The molecule has 6 heteroatoms. The van der Waals surface area contributed by atoms with Crippen LogP contribution in [0.3, 0.4) is 0 Å². The first-order chi connectivity index (χ1) is 9.97. The second-order valence-electron chi connectivity index (χ2n) is 4.65. The van der Waals surface area contributed by atoms with Gasteiger partial charge in [0, 0.05) is 9.50 Å². The number of rotatable bonds is 2. The number of nitrogens with zero attached hydrogens (tertiary/aromatic N) is 2. The lowest BCUT2D eigenvalue weighted by molar-refractivity contribution is 0.616. The molecule has 0 N–H and O–H groups in total. The molecule has 2 aromatic carbocycles. The van der Waals surface area contributed by atoms with Crippen molar-refractivity contribution in [2.24, 2.45) is 0 Å². The third kappa shape index (κ3) is 2.68. The first kappa shape index (κ1) is 14.8. The number of aromatic nitrogens is 2. The summed E-state index contributed by atoms with van der Waals surface area (Å²) in [5.74, 6) is 0.173. The zero-order valence-electron chi connectivity index (χ0n) is 10.9. The van der Waals surface area contributed by atoms with Gasteiger partial charge in [-0.1, -0.05) is 27.5 Å². The highest BCUT2D eigenvalue weighted by Gasteiger charge is 2.19. The molecule has 1 atom stereocenters. The monoisotopic (exact) mass is 386 g/mol. The van der Waals surface area contributed by atoms with Gasteiger partial charge in [-0.25, -0.2) is 9.37 Å². The fourth-order valence-corrected chi connectivity index (χ4v) is 2.90. The number of benzene rings is 2. The number of imidazole rings is 1. The third-order valence-corrected chi connectivity index (χ3v) is 4.07. The smallest absolute Gasteiger partial charge is 0.148 e. The minimum absolute atomic E-state index is 0.349. The molecular weight excluding hydrogens is 378 g/mol. The molecule has 3 aromatic rings. The molecule has 0 fully saturated rings. The van der Waals surface area contributed by atoms with Gasteiger partial charge in [-0.2, -0.15) is 0 Å². The van der Waals surface area contributed by atoms with Crippen LogP contribution < -0.4 is 0 Å². The van der Waals surface area contributed by atoms with E-state index in [4.69, 9.17) is 23.2 Å². The lowest BCUT2D eigenvalue weighted by Crippen LogP contribution is -2.04. The van der Waals surface area contributed by atoms with Crippen molar-refractivity contribution in [3.8, 4) is 5.69 Å². The van der Waals surface area contributed by atoms with Crippen LogP contribution in [0.1, 0.15) is 18.1 Å². The van der Waals surface area contributed by atoms with Crippen molar-refractivity contribution < 1.29 is 4.39 Å².